The van der Waals surface area contributed by atoms with E-state index < -0.39 is 11.6 Å². The Morgan fingerprint density at radius 1 is 1.26 bits per heavy atom. The predicted molar refractivity (Wildman–Crippen MR) is 72.9 cm³/mol. The Bertz CT molecular complexity index is 440. The standard InChI is InChI=1S/C15H22F2N2/c1-15(2,3)14-9-18-6-7-19(14)10-11-4-5-12(16)13(17)8-11/h4-5,8,14,18H,6-7,9-10H2,1-3H3. The van der Waals surface area contributed by atoms with Crippen molar-refractivity contribution in [3.63, 3.8) is 0 Å². The lowest BCUT2D eigenvalue weighted by molar-refractivity contribution is 0.0688. The molecule has 1 saturated heterocycles. The average molecular weight is 268 g/mol. The molecule has 106 valence electrons. The van der Waals surface area contributed by atoms with Gasteiger partial charge in [0.2, 0.25) is 0 Å². The van der Waals surface area contributed by atoms with Gasteiger partial charge in [-0.1, -0.05) is 26.8 Å². The second-order valence-electron chi connectivity index (χ2n) is 6.30. The van der Waals surface area contributed by atoms with Crippen LogP contribution in [0.5, 0.6) is 0 Å². The van der Waals surface area contributed by atoms with Crippen LogP contribution in [0.2, 0.25) is 0 Å². The zero-order valence-electron chi connectivity index (χ0n) is 11.8. The number of benzene rings is 1. The topological polar surface area (TPSA) is 15.3 Å². The van der Waals surface area contributed by atoms with Crippen molar-refractivity contribution in [2.24, 2.45) is 5.41 Å². The minimum atomic E-state index is -0.781. The van der Waals surface area contributed by atoms with Gasteiger partial charge in [0.15, 0.2) is 11.6 Å². The third-order valence-electron chi connectivity index (χ3n) is 3.72. The number of piperazine rings is 1. The third-order valence-corrected chi connectivity index (χ3v) is 3.72. The van der Waals surface area contributed by atoms with Gasteiger partial charge in [-0.3, -0.25) is 4.90 Å². The number of nitrogens with zero attached hydrogens (tertiary/aromatic N) is 1. The van der Waals surface area contributed by atoms with Gasteiger partial charge in [-0.25, -0.2) is 8.78 Å². The molecular weight excluding hydrogens is 246 g/mol. The van der Waals surface area contributed by atoms with Crippen molar-refractivity contribution in [1.29, 1.82) is 0 Å². The van der Waals surface area contributed by atoms with Gasteiger partial charge in [-0.2, -0.15) is 0 Å². The molecule has 0 saturated carbocycles. The van der Waals surface area contributed by atoms with Crippen molar-refractivity contribution < 1.29 is 8.78 Å². The zero-order chi connectivity index (χ0) is 14.0. The number of rotatable bonds is 2. The van der Waals surface area contributed by atoms with Gasteiger partial charge in [-0.15, -0.1) is 0 Å². The lowest BCUT2D eigenvalue weighted by Gasteiger charge is -2.43. The lowest BCUT2D eigenvalue weighted by atomic mass is 9.84. The summed E-state index contributed by atoms with van der Waals surface area (Å²) in [7, 11) is 0. The Morgan fingerprint density at radius 2 is 2.00 bits per heavy atom. The molecule has 1 atom stereocenters. The largest absolute Gasteiger partial charge is 0.314 e. The van der Waals surface area contributed by atoms with Gasteiger partial charge in [-0.05, 0) is 23.1 Å². The summed E-state index contributed by atoms with van der Waals surface area (Å²) in [6, 6.07) is 4.57. The minimum absolute atomic E-state index is 0.159. The van der Waals surface area contributed by atoms with Gasteiger partial charge < -0.3 is 5.32 Å². The van der Waals surface area contributed by atoms with Crippen LogP contribution < -0.4 is 5.32 Å². The summed E-state index contributed by atoms with van der Waals surface area (Å²) in [5, 5.41) is 3.40. The maximum absolute atomic E-state index is 13.3. The van der Waals surface area contributed by atoms with E-state index in [4.69, 9.17) is 0 Å². The highest BCUT2D eigenvalue weighted by atomic mass is 19.2. The predicted octanol–water partition coefficient (Wildman–Crippen LogP) is 2.78. The normalized spacial score (nSPS) is 21.6. The van der Waals surface area contributed by atoms with Crippen LogP contribution in [0.3, 0.4) is 0 Å². The fourth-order valence-electron chi connectivity index (χ4n) is 2.66. The van der Waals surface area contributed by atoms with E-state index in [0.29, 0.717) is 12.6 Å². The molecule has 2 rings (SSSR count). The summed E-state index contributed by atoms with van der Waals surface area (Å²) in [6.45, 7) is 10.1. The highest BCUT2D eigenvalue weighted by Crippen LogP contribution is 2.26. The highest BCUT2D eigenvalue weighted by molar-refractivity contribution is 5.18. The number of nitrogens with one attached hydrogen (secondary N) is 1. The molecule has 1 fully saturated rings. The fraction of sp³-hybridized carbons (Fsp3) is 0.600. The highest BCUT2D eigenvalue weighted by Gasteiger charge is 2.32. The summed E-state index contributed by atoms with van der Waals surface area (Å²) < 4.78 is 26.2. The van der Waals surface area contributed by atoms with Crippen molar-refractivity contribution >= 4 is 0 Å². The van der Waals surface area contributed by atoms with Gasteiger partial charge in [0, 0.05) is 32.2 Å². The summed E-state index contributed by atoms with van der Waals surface area (Å²) in [5.74, 6) is -1.55. The third kappa shape index (κ3) is 3.51. The van der Waals surface area contributed by atoms with Gasteiger partial charge in [0.25, 0.3) is 0 Å². The molecule has 4 heteroatoms. The van der Waals surface area contributed by atoms with Gasteiger partial charge >= 0.3 is 0 Å². The molecule has 1 aliphatic heterocycles. The zero-order valence-corrected chi connectivity index (χ0v) is 11.8. The summed E-state index contributed by atoms with van der Waals surface area (Å²) in [6.07, 6.45) is 0. The van der Waals surface area contributed by atoms with E-state index in [9.17, 15) is 8.78 Å². The molecule has 0 radical (unpaired) electrons. The monoisotopic (exact) mass is 268 g/mol. The molecular formula is C15H22F2N2. The molecule has 1 aromatic carbocycles. The molecule has 1 heterocycles. The lowest BCUT2D eigenvalue weighted by Crippen LogP contribution is -2.56. The molecule has 1 N–H and O–H groups in total. The van der Waals surface area contributed by atoms with E-state index in [0.717, 1.165) is 25.2 Å². The van der Waals surface area contributed by atoms with Crippen molar-refractivity contribution in [3.8, 4) is 0 Å². The van der Waals surface area contributed by atoms with Crippen molar-refractivity contribution in [2.75, 3.05) is 19.6 Å². The van der Waals surface area contributed by atoms with E-state index in [2.05, 4.69) is 31.0 Å². The SMILES string of the molecule is CC(C)(C)C1CNCCN1Cc1ccc(F)c(F)c1. The average Bonchev–Trinajstić information content (AvgIpc) is 2.33. The smallest absolute Gasteiger partial charge is 0.159 e. The van der Waals surface area contributed by atoms with E-state index in [1.165, 1.54) is 12.1 Å². The van der Waals surface area contributed by atoms with Gasteiger partial charge in [0.1, 0.15) is 0 Å². The molecule has 1 unspecified atom stereocenters. The van der Waals surface area contributed by atoms with Crippen LogP contribution in [0, 0.1) is 17.0 Å². The first-order chi connectivity index (χ1) is 8.88. The van der Waals surface area contributed by atoms with E-state index >= 15 is 0 Å². The van der Waals surface area contributed by atoms with Crippen LogP contribution in [0.4, 0.5) is 8.78 Å². The van der Waals surface area contributed by atoms with Crippen LogP contribution in [0.25, 0.3) is 0 Å². The van der Waals surface area contributed by atoms with E-state index in [1.807, 2.05) is 0 Å². The van der Waals surface area contributed by atoms with Gasteiger partial charge in [0.05, 0.1) is 0 Å². The Morgan fingerprint density at radius 3 is 2.63 bits per heavy atom. The maximum atomic E-state index is 13.3. The fourth-order valence-corrected chi connectivity index (χ4v) is 2.66. The Hall–Kier alpha value is -1.00. The summed E-state index contributed by atoms with van der Waals surface area (Å²) in [4.78, 5) is 2.35. The molecule has 1 aromatic rings. The van der Waals surface area contributed by atoms with Crippen molar-refractivity contribution in [3.05, 3.63) is 35.4 Å². The number of hydrogen-bond acceptors (Lipinski definition) is 2. The second-order valence-corrected chi connectivity index (χ2v) is 6.30. The van der Waals surface area contributed by atoms with Crippen LogP contribution >= 0.6 is 0 Å². The summed E-state index contributed by atoms with van der Waals surface area (Å²) >= 11 is 0. The minimum Gasteiger partial charge on any atom is -0.314 e. The molecule has 1 aliphatic rings. The first-order valence-electron chi connectivity index (χ1n) is 6.76. The maximum Gasteiger partial charge on any atom is 0.159 e. The molecule has 0 amide bonds. The first kappa shape index (κ1) is 14.4. The Labute approximate surface area is 113 Å². The van der Waals surface area contributed by atoms with Crippen LogP contribution in [-0.4, -0.2) is 30.6 Å². The first-order valence-corrected chi connectivity index (χ1v) is 6.76. The molecule has 0 bridgehead atoms. The van der Waals surface area contributed by atoms with Crippen LogP contribution in [0.1, 0.15) is 26.3 Å². The quantitative estimate of drug-likeness (QED) is 0.887. The van der Waals surface area contributed by atoms with Crippen molar-refractivity contribution in [2.45, 2.75) is 33.4 Å². The summed E-state index contributed by atoms with van der Waals surface area (Å²) in [5.41, 5.74) is 0.987. The van der Waals surface area contributed by atoms with E-state index in [-0.39, 0.29) is 5.41 Å². The van der Waals surface area contributed by atoms with E-state index in [1.54, 1.807) is 6.07 Å². The second kappa shape index (κ2) is 5.55. The number of halogens is 2. The van der Waals surface area contributed by atoms with Crippen LogP contribution in [0.15, 0.2) is 18.2 Å². The molecule has 0 spiro atoms. The van der Waals surface area contributed by atoms with Crippen LogP contribution in [-0.2, 0) is 6.54 Å². The Balaban J connectivity index is 2.13. The molecule has 19 heavy (non-hydrogen) atoms. The van der Waals surface area contributed by atoms with Crippen molar-refractivity contribution in [1.82, 2.24) is 10.2 Å². The molecule has 2 nitrogen and oxygen atoms in total. The molecule has 0 aliphatic carbocycles. The Kier molecular flexibility index (Phi) is 4.21. The molecule has 0 aromatic heterocycles. The number of hydrogen-bond donors (Lipinski definition) is 1.